The lowest BCUT2D eigenvalue weighted by molar-refractivity contribution is -0.141. The van der Waals surface area contributed by atoms with E-state index in [1.807, 2.05) is 7.05 Å². The minimum absolute atomic E-state index is 0.0458. The molecule has 2 aliphatic rings. The van der Waals surface area contributed by atoms with Crippen molar-refractivity contribution in [2.24, 2.45) is 11.3 Å². The van der Waals surface area contributed by atoms with Gasteiger partial charge in [0, 0.05) is 50.8 Å². The van der Waals surface area contributed by atoms with Crippen LogP contribution in [0.2, 0.25) is 0 Å². The molecule has 0 saturated carbocycles. The zero-order valence-corrected chi connectivity index (χ0v) is 14.3. The summed E-state index contributed by atoms with van der Waals surface area (Å²) in [6, 6.07) is 0.921. The lowest BCUT2D eigenvalue weighted by atomic mass is 9.80. The highest BCUT2D eigenvalue weighted by molar-refractivity contribution is 5.84. The molecule has 1 aromatic rings. The van der Waals surface area contributed by atoms with Crippen LogP contribution in [0.5, 0.6) is 0 Å². The first-order chi connectivity index (χ1) is 11.7. The van der Waals surface area contributed by atoms with E-state index in [1.165, 1.54) is 6.92 Å². The van der Waals surface area contributed by atoms with Crippen LogP contribution in [0, 0.1) is 18.3 Å². The van der Waals surface area contributed by atoms with Crippen LogP contribution in [0.4, 0.5) is 13.2 Å². The van der Waals surface area contributed by atoms with Crippen LogP contribution >= 0.6 is 0 Å². The van der Waals surface area contributed by atoms with Crippen LogP contribution in [0.1, 0.15) is 17.2 Å². The van der Waals surface area contributed by atoms with E-state index in [4.69, 9.17) is 0 Å². The molecule has 2 atom stereocenters. The highest BCUT2D eigenvalue weighted by Gasteiger charge is 2.53. The number of likely N-dealkylation sites (tertiary alicyclic amines) is 1. The molecule has 0 unspecified atom stereocenters. The molecule has 3 heterocycles. The van der Waals surface area contributed by atoms with Gasteiger partial charge in [0.15, 0.2) is 0 Å². The van der Waals surface area contributed by atoms with Gasteiger partial charge in [0.2, 0.25) is 5.91 Å². The molecule has 9 heteroatoms. The first-order valence-electron chi connectivity index (χ1n) is 8.30. The first-order valence-corrected chi connectivity index (χ1v) is 8.30. The number of amides is 1. The SMILES string of the molecule is Cc1cc(C(F)(F)F)nc(CCNC(=O)[C@@]23CNC[C@@H]2CN(C)C3)n1. The molecule has 2 aliphatic heterocycles. The normalized spacial score (nSPS) is 26.7. The summed E-state index contributed by atoms with van der Waals surface area (Å²) in [5.74, 6) is 0.315. The Morgan fingerprint density at radius 1 is 1.48 bits per heavy atom. The Labute approximate surface area is 144 Å². The fourth-order valence-corrected chi connectivity index (χ4v) is 3.84. The maximum absolute atomic E-state index is 12.8. The van der Waals surface area contributed by atoms with Gasteiger partial charge < -0.3 is 15.5 Å². The summed E-state index contributed by atoms with van der Waals surface area (Å²) in [5.41, 5.74) is -1.13. The van der Waals surface area contributed by atoms with Gasteiger partial charge >= 0.3 is 6.18 Å². The van der Waals surface area contributed by atoms with Crippen LogP contribution in [0.25, 0.3) is 0 Å². The van der Waals surface area contributed by atoms with Crippen LogP contribution in [0.15, 0.2) is 6.07 Å². The third kappa shape index (κ3) is 3.62. The number of halogens is 3. The summed E-state index contributed by atoms with van der Waals surface area (Å²) >= 11 is 0. The molecule has 1 aromatic heterocycles. The Bertz CT molecular complexity index is 666. The fourth-order valence-electron chi connectivity index (χ4n) is 3.84. The van der Waals surface area contributed by atoms with Crippen LogP contribution in [-0.4, -0.2) is 60.5 Å². The molecule has 138 valence electrons. The number of nitrogens with one attached hydrogen (secondary N) is 2. The van der Waals surface area contributed by atoms with E-state index < -0.39 is 17.3 Å². The maximum Gasteiger partial charge on any atom is 0.433 e. The summed E-state index contributed by atoms with van der Waals surface area (Å²) in [6.07, 6.45) is -4.33. The van der Waals surface area contributed by atoms with E-state index in [2.05, 4.69) is 25.5 Å². The Morgan fingerprint density at radius 3 is 2.96 bits per heavy atom. The topological polar surface area (TPSA) is 70.2 Å². The van der Waals surface area contributed by atoms with Gasteiger partial charge in [-0.2, -0.15) is 13.2 Å². The van der Waals surface area contributed by atoms with Gasteiger partial charge in [0.1, 0.15) is 11.5 Å². The van der Waals surface area contributed by atoms with Gasteiger partial charge in [-0.25, -0.2) is 9.97 Å². The van der Waals surface area contributed by atoms with Crippen LogP contribution in [0.3, 0.4) is 0 Å². The second-order valence-electron chi connectivity index (χ2n) is 7.00. The summed E-state index contributed by atoms with van der Waals surface area (Å²) in [5, 5.41) is 6.14. The number of carbonyl (C=O) groups is 1. The molecule has 0 spiro atoms. The van der Waals surface area contributed by atoms with Gasteiger partial charge in [-0.3, -0.25) is 4.79 Å². The molecular weight excluding hydrogens is 335 g/mol. The van der Waals surface area contributed by atoms with Crippen LogP contribution < -0.4 is 10.6 Å². The van der Waals surface area contributed by atoms with E-state index in [1.54, 1.807) is 0 Å². The molecule has 0 bridgehead atoms. The molecule has 3 rings (SSSR count). The number of fused-ring (bicyclic) bond motifs is 1. The minimum Gasteiger partial charge on any atom is -0.355 e. The van der Waals surface area contributed by atoms with Crippen molar-refractivity contribution in [3.63, 3.8) is 0 Å². The van der Waals surface area contributed by atoms with E-state index in [0.29, 0.717) is 13.1 Å². The zero-order chi connectivity index (χ0) is 18.2. The Morgan fingerprint density at radius 2 is 2.24 bits per heavy atom. The van der Waals surface area contributed by atoms with Crippen molar-refractivity contribution in [2.45, 2.75) is 19.5 Å². The minimum atomic E-state index is -4.50. The van der Waals surface area contributed by atoms with Crippen molar-refractivity contribution in [2.75, 3.05) is 39.8 Å². The molecule has 1 amide bonds. The number of rotatable bonds is 4. The Balaban J connectivity index is 1.62. The number of hydrogen-bond acceptors (Lipinski definition) is 5. The molecule has 6 nitrogen and oxygen atoms in total. The summed E-state index contributed by atoms with van der Waals surface area (Å²) < 4.78 is 38.4. The van der Waals surface area contributed by atoms with E-state index in [-0.39, 0.29) is 36.3 Å². The molecule has 25 heavy (non-hydrogen) atoms. The lowest BCUT2D eigenvalue weighted by Gasteiger charge is -2.26. The number of hydrogen-bond donors (Lipinski definition) is 2. The third-order valence-corrected chi connectivity index (χ3v) is 4.97. The number of aromatic nitrogens is 2. The van der Waals surface area contributed by atoms with Crippen molar-refractivity contribution in [1.82, 2.24) is 25.5 Å². The molecular formula is C16H22F3N5O. The van der Waals surface area contributed by atoms with Crippen molar-refractivity contribution >= 4 is 5.91 Å². The second-order valence-corrected chi connectivity index (χ2v) is 7.00. The van der Waals surface area contributed by atoms with Gasteiger partial charge in [-0.1, -0.05) is 0 Å². The lowest BCUT2D eigenvalue weighted by Crippen LogP contribution is -2.47. The monoisotopic (exact) mass is 357 g/mol. The average Bonchev–Trinajstić information content (AvgIpc) is 3.02. The van der Waals surface area contributed by atoms with Crippen molar-refractivity contribution in [3.8, 4) is 0 Å². The molecule has 0 radical (unpaired) electrons. The summed E-state index contributed by atoms with van der Waals surface area (Å²) in [7, 11) is 1.99. The van der Waals surface area contributed by atoms with E-state index in [9.17, 15) is 18.0 Å². The van der Waals surface area contributed by atoms with Gasteiger partial charge in [0.25, 0.3) is 0 Å². The highest BCUT2D eigenvalue weighted by atomic mass is 19.4. The quantitative estimate of drug-likeness (QED) is 0.827. The number of carbonyl (C=O) groups excluding carboxylic acids is 1. The standard InChI is InChI=1S/C16H22F3N5O/c1-10-5-12(16(17,18)19)23-13(22-10)3-4-21-14(25)15-8-20-6-11(15)7-24(2)9-15/h5,11,20H,3-4,6-9H2,1-2H3,(H,21,25)/t11-,15-/m1/s1. The smallest absolute Gasteiger partial charge is 0.355 e. The molecule has 2 N–H and O–H groups in total. The van der Waals surface area contributed by atoms with Crippen LogP contribution in [-0.2, 0) is 17.4 Å². The predicted molar refractivity (Wildman–Crippen MR) is 84.8 cm³/mol. The summed E-state index contributed by atoms with van der Waals surface area (Å²) in [4.78, 5) is 22.4. The largest absolute Gasteiger partial charge is 0.433 e. The Kier molecular flexibility index (Phi) is 4.72. The van der Waals surface area contributed by atoms with Crippen molar-refractivity contribution < 1.29 is 18.0 Å². The number of aryl methyl sites for hydroxylation is 1. The Hall–Kier alpha value is -1.74. The molecule has 0 aromatic carbocycles. The fraction of sp³-hybridized carbons (Fsp3) is 0.688. The first kappa shape index (κ1) is 18.1. The zero-order valence-electron chi connectivity index (χ0n) is 14.3. The molecule has 2 saturated heterocycles. The average molecular weight is 357 g/mol. The van der Waals surface area contributed by atoms with Gasteiger partial charge in [0.05, 0.1) is 5.41 Å². The van der Waals surface area contributed by atoms with Gasteiger partial charge in [-0.05, 0) is 20.0 Å². The third-order valence-electron chi connectivity index (χ3n) is 4.97. The van der Waals surface area contributed by atoms with Crippen molar-refractivity contribution in [1.29, 1.82) is 0 Å². The second kappa shape index (κ2) is 6.53. The van der Waals surface area contributed by atoms with E-state index in [0.717, 1.165) is 19.2 Å². The number of alkyl halides is 3. The summed E-state index contributed by atoms with van der Waals surface area (Å²) in [6.45, 7) is 4.73. The predicted octanol–water partition coefficient (Wildman–Crippen LogP) is 0.614. The number of nitrogens with zero attached hydrogens (tertiary/aromatic N) is 3. The van der Waals surface area contributed by atoms with Crippen molar-refractivity contribution in [3.05, 3.63) is 23.3 Å². The molecule has 0 aliphatic carbocycles. The maximum atomic E-state index is 12.8. The van der Waals surface area contributed by atoms with Gasteiger partial charge in [-0.15, -0.1) is 0 Å². The molecule has 2 fully saturated rings. The highest BCUT2D eigenvalue weighted by Crippen LogP contribution is 2.38. The van der Waals surface area contributed by atoms with E-state index >= 15 is 0 Å².